The van der Waals surface area contributed by atoms with Crippen molar-refractivity contribution < 1.29 is 18.3 Å². The van der Waals surface area contributed by atoms with E-state index in [1.54, 1.807) is 39.9 Å². The number of benzene rings is 2. The van der Waals surface area contributed by atoms with Gasteiger partial charge in [0, 0.05) is 12.1 Å². The molecule has 0 aliphatic carbocycles. The largest absolute Gasteiger partial charge is 0.451 e. The fourth-order valence-electron chi connectivity index (χ4n) is 4.88. The van der Waals surface area contributed by atoms with Crippen LogP contribution in [0.25, 0.3) is 22.3 Å². The van der Waals surface area contributed by atoms with Crippen molar-refractivity contribution in [3.05, 3.63) is 72.1 Å². The maximum atomic E-state index is 14.0. The standard InChI is InChI=1S/C29H27F2N7O2/c1-17(2)13-19(14-32)29(39)37-12-4-5-20(37)15-38-28-24(27(33)34-16-35-28)25(36-38)18-8-10-21(11-9-18)40-26-22(30)6-3-7-23(26)31/h3,6-11,13,16-17,20H,4-5,12,15H2,1-2H3,(H2,33,34,35)/t20-/m1/s1. The molecule has 40 heavy (non-hydrogen) atoms. The summed E-state index contributed by atoms with van der Waals surface area (Å²) in [6.45, 7) is 4.75. The summed E-state index contributed by atoms with van der Waals surface area (Å²) in [4.78, 5) is 23.4. The number of hydrogen-bond acceptors (Lipinski definition) is 7. The Bertz CT molecular complexity index is 1620. The molecule has 0 unspecified atom stereocenters. The van der Waals surface area contributed by atoms with E-state index in [4.69, 9.17) is 15.6 Å². The minimum absolute atomic E-state index is 0.0690. The number of nitriles is 1. The van der Waals surface area contributed by atoms with Gasteiger partial charge in [0.05, 0.1) is 18.0 Å². The van der Waals surface area contributed by atoms with E-state index < -0.39 is 17.4 Å². The molecule has 1 amide bonds. The highest BCUT2D eigenvalue weighted by Gasteiger charge is 2.32. The van der Waals surface area contributed by atoms with Crippen LogP contribution in [0.4, 0.5) is 14.6 Å². The van der Waals surface area contributed by atoms with Gasteiger partial charge in [-0.3, -0.25) is 4.79 Å². The Kier molecular flexibility index (Phi) is 7.42. The maximum absolute atomic E-state index is 14.0. The average Bonchev–Trinajstić information content (AvgIpc) is 3.55. The second-order valence-electron chi connectivity index (χ2n) is 9.90. The highest BCUT2D eigenvalue weighted by molar-refractivity contribution is 5.99. The maximum Gasteiger partial charge on any atom is 0.264 e. The monoisotopic (exact) mass is 543 g/mol. The second-order valence-corrected chi connectivity index (χ2v) is 9.90. The lowest BCUT2D eigenvalue weighted by atomic mass is 10.1. The van der Waals surface area contributed by atoms with Gasteiger partial charge < -0.3 is 15.4 Å². The Balaban J connectivity index is 1.45. The van der Waals surface area contributed by atoms with Crippen molar-refractivity contribution in [2.24, 2.45) is 5.92 Å². The minimum Gasteiger partial charge on any atom is -0.451 e. The molecule has 1 atom stereocenters. The van der Waals surface area contributed by atoms with Crippen molar-refractivity contribution in [1.82, 2.24) is 24.6 Å². The number of para-hydroxylation sites is 1. The number of allylic oxidation sites excluding steroid dienone is 1. The molecule has 0 spiro atoms. The van der Waals surface area contributed by atoms with Crippen molar-refractivity contribution >= 4 is 22.8 Å². The third kappa shape index (κ3) is 5.20. The van der Waals surface area contributed by atoms with Gasteiger partial charge in [-0.1, -0.05) is 26.0 Å². The normalized spacial score (nSPS) is 15.6. The lowest BCUT2D eigenvalue weighted by molar-refractivity contribution is -0.127. The van der Waals surface area contributed by atoms with E-state index in [1.807, 2.05) is 19.9 Å². The fourth-order valence-corrected chi connectivity index (χ4v) is 4.88. The number of aromatic nitrogens is 4. The van der Waals surface area contributed by atoms with Crippen LogP contribution in [0.15, 0.2) is 60.4 Å². The summed E-state index contributed by atoms with van der Waals surface area (Å²) in [5, 5.41) is 14.9. The van der Waals surface area contributed by atoms with E-state index >= 15 is 0 Å². The first-order chi connectivity index (χ1) is 19.3. The van der Waals surface area contributed by atoms with Crippen LogP contribution in [0.3, 0.4) is 0 Å². The van der Waals surface area contributed by atoms with Gasteiger partial charge in [0.2, 0.25) is 0 Å². The molecule has 3 heterocycles. The van der Waals surface area contributed by atoms with E-state index in [0.29, 0.717) is 35.4 Å². The van der Waals surface area contributed by atoms with Gasteiger partial charge in [-0.15, -0.1) is 0 Å². The van der Waals surface area contributed by atoms with E-state index in [9.17, 15) is 18.8 Å². The lowest BCUT2D eigenvalue weighted by Gasteiger charge is -2.24. The van der Waals surface area contributed by atoms with Crippen LogP contribution in [0.5, 0.6) is 11.5 Å². The Morgan fingerprint density at radius 3 is 2.60 bits per heavy atom. The Morgan fingerprint density at radius 1 is 1.20 bits per heavy atom. The number of nitrogen functional groups attached to an aromatic ring is 1. The van der Waals surface area contributed by atoms with Crippen LogP contribution in [-0.2, 0) is 11.3 Å². The molecule has 11 heteroatoms. The lowest BCUT2D eigenvalue weighted by Crippen LogP contribution is -2.39. The summed E-state index contributed by atoms with van der Waals surface area (Å²) in [5.74, 6) is -1.83. The molecule has 2 aromatic carbocycles. The third-order valence-electron chi connectivity index (χ3n) is 6.70. The summed E-state index contributed by atoms with van der Waals surface area (Å²) in [5.41, 5.74) is 8.07. The first-order valence-electron chi connectivity index (χ1n) is 12.9. The molecule has 0 radical (unpaired) electrons. The van der Waals surface area contributed by atoms with Crippen molar-refractivity contribution in [2.75, 3.05) is 12.3 Å². The molecule has 1 aliphatic heterocycles. The SMILES string of the molecule is CC(C)C=C(C#N)C(=O)N1CCC[C@@H]1Cn1nc(-c2ccc(Oc3c(F)cccc3F)cc2)c2c(N)ncnc21. The number of hydrogen-bond donors (Lipinski definition) is 1. The van der Waals surface area contributed by atoms with Crippen LogP contribution in [0, 0.1) is 28.9 Å². The van der Waals surface area contributed by atoms with Gasteiger partial charge in [0.25, 0.3) is 5.91 Å². The first kappa shape index (κ1) is 26.7. The average molecular weight is 544 g/mol. The van der Waals surface area contributed by atoms with Crippen LogP contribution < -0.4 is 10.5 Å². The molecular formula is C29H27F2N7O2. The summed E-state index contributed by atoms with van der Waals surface area (Å²) in [7, 11) is 0. The Labute approximate surface area is 229 Å². The van der Waals surface area contributed by atoms with Crippen molar-refractivity contribution in [1.29, 1.82) is 5.26 Å². The van der Waals surface area contributed by atoms with Gasteiger partial charge >= 0.3 is 0 Å². The zero-order valence-corrected chi connectivity index (χ0v) is 22.0. The third-order valence-corrected chi connectivity index (χ3v) is 6.70. The zero-order chi connectivity index (χ0) is 28.4. The molecule has 0 bridgehead atoms. The molecule has 9 nitrogen and oxygen atoms in total. The predicted molar refractivity (Wildman–Crippen MR) is 145 cm³/mol. The second kappa shape index (κ2) is 11.1. The number of nitrogens with zero attached hydrogens (tertiary/aromatic N) is 6. The molecular weight excluding hydrogens is 516 g/mol. The number of halogens is 2. The van der Waals surface area contributed by atoms with Crippen molar-refractivity contribution in [3.8, 4) is 28.8 Å². The number of rotatable bonds is 7. The smallest absolute Gasteiger partial charge is 0.264 e. The summed E-state index contributed by atoms with van der Waals surface area (Å²) in [6, 6.07) is 11.9. The molecule has 2 aromatic heterocycles. The minimum atomic E-state index is -0.806. The van der Waals surface area contributed by atoms with Gasteiger partial charge in [0.15, 0.2) is 23.0 Å². The number of carbonyl (C=O) groups excluding carboxylic acids is 1. The number of anilines is 1. The first-order valence-corrected chi connectivity index (χ1v) is 12.9. The van der Waals surface area contributed by atoms with Gasteiger partial charge in [-0.2, -0.15) is 10.4 Å². The number of amides is 1. The van der Waals surface area contributed by atoms with E-state index in [-0.39, 0.29) is 35.0 Å². The Hall–Kier alpha value is -4.85. The number of nitrogens with two attached hydrogens (primary N) is 1. The predicted octanol–water partition coefficient (Wildman–Crippen LogP) is 5.24. The molecule has 2 N–H and O–H groups in total. The van der Waals surface area contributed by atoms with E-state index in [0.717, 1.165) is 25.0 Å². The van der Waals surface area contributed by atoms with Crippen LogP contribution >= 0.6 is 0 Å². The molecule has 1 saturated heterocycles. The van der Waals surface area contributed by atoms with Crippen LogP contribution in [-0.4, -0.2) is 43.1 Å². The summed E-state index contributed by atoms with van der Waals surface area (Å²) < 4.78 is 35.2. The van der Waals surface area contributed by atoms with Crippen LogP contribution in [0.2, 0.25) is 0 Å². The summed E-state index contributed by atoms with van der Waals surface area (Å²) >= 11 is 0. The number of likely N-dealkylation sites (tertiary alicyclic amines) is 1. The highest BCUT2D eigenvalue weighted by atomic mass is 19.1. The molecule has 204 valence electrons. The molecule has 1 fully saturated rings. The van der Waals surface area contributed by atoms with Crippen molar-refractivity contribution in [2.45, 2.75) is 39.3 Å². The molecule has 5 rings (SSSR count). The molecule has 4 aromatic rings. The number of carbonyl (C=O) groups is 1. The van der Waals surface area contributed by atoms with Gasteiger partial charge in [0.1, 0.15) is 35.2 Å². The number of fused-ring (bicyclic) bond motifs is 1. The van der Waals surface area contributed by atoms with E-state index in [2.05, 4.69) is 9.97 Å². The van der Waals surface area contributed by atoms with Gasteiger partial charge in [-0.05, 0) is 55.2 Å². The van der Waals surface area contributed by atoms with Crippen molar-refractivity contribution in [3.63, 3.8) is 0 Å². The quantitative estimate of drug-likeness (QED) is 0.250. The zero-order valence-electron chi connectivity index (χ0n) is 22.0. The van der Waals surface area contributed by atoms with E-state index in [1.165, 1.54) is 12.4 Å². The van der Waals surface area contributed by atoms with Gasteiger partial charge in [-0.25, -0.2) is 23.4 Å². The molecule has 0 saturated carbocycles. The Morgan fingerprint density at radius 2 is 1.93 bits per heavy atom. The van der Waals surface area contributed by atoms with Crippen LogP contribution in [0.1, 0.15) is 26.7 Å². The highest BCUT2D eigenvalue weighted by Crippen LogP contribution is 2.34. The number of ether oxygens (including phenoxy) is 1. The fraction of sp³-hybridized carbons (Fsp3) is 0.276. The summed E-state index contributed by atoms with van der Waals surface area (Å²) in [6.07, 6.45) is 4.60. The topological polar surface area (TPSA) is 123 Å². The molecule has 1 aliphatic rings.